The first-order valence-electron chi connectivity index (χ1n) is 7.38. The molecule has 0 fully saturated rings. The molecule has 120 valence electrons. The summed E-state index contributed by atoms with van der Waals surface area (Å²) < 4.78 is 5.11. The van der Waals surface area contributed by atoms with Crippen LogP contribution in [0.5, 0.6) is 0 Å². The van der Waals surface area contributed by atoms with Crippen molar-refractivity contribution in [2.45, 2.75) is 33.4 Å². The van der Waals surface area contributed by atoms with Crippen molar-refractivity contribution in [3.05, 3.63) is 23.7 Å². The maximum atomic E-state index is 12.3. The summed E-state index contributed by atoms with van der Waals surface area (Å²) in [6, 6.07) is 1.71. The van der Waals surface area contributed by atoms with Crippen LogP contribution in [0, 0.1) is 0 Å². The molecule has 7 heteroatoms. The molecule has 2 rings (SSSR count). The van der Waals surface area contributed by atoms with Crippen LogP contribution >= 0.6 is 0 Å². The first-order valence-corrected chi connectivity index (χ1v) is 7.38. The number of aliphatic hydroxyl groups excluding tert-OH is 1. The zero-order valence-electron chi connectivity index (χ0n) is 13.4. The van der Waals surface area contributed by atoms with Gasteiger partial charge < -0.3 is 14.7 Å². The van der Waals surface area contributed by atoms with E-state index in [1.165, 1.54) is 18.3 Å². The van der Waals surface area contributed by atoms with E-state index in [-0.39, 0.29) is 11.7 Å². The summed E-state index contributed by atoms with van der Waals surface area (Å²) in [5.41, 5.74) is 0.385. The summed E-state index contributed by atoms with van der Waals surface area (Å²) in [6.45, 7) is 7.44. The Kier molecular flexibility index (Phi) is 4.97. The lowest BCUT2D eigenvalue weighted by atomic mass is 10.3. The van der Waals surface area contributed by atoms with E-state index in [2.05, 4.69) is 21.8 Å². The molecule has 0 spiro atoms. The third-order valence-corrected chi connectivity index (χ3v) is 3.69. The van der Waals surface area contributed by atoms with E-state index in [0.29, 0.717) is 11.4 Å². The normalized spacial score (nSPS) is 18.1. The van der Waals surface area contributed by atoms with Gasteiger partial charge in [0.25, 0.3) is 5.91 Å². The highest BCUT2D eigenvalue weighted by Crippen LogP contribution is 2.30. The Morgan fingerprint density at radius 3 is 2.68 bits per heavy atom. The predicted molar refractivity (Wildman–Crippen MR) is 83.4 cm³/mol. The number of amides is 1. The molecule has 1 atom stereocenters. The van der Waals surface area contributed by atoms with Crippen LogP contribution in [-0.4, -0.2) is 47.4 Å². The number of carbonyl (C=O) groups excluding carboxylic acids is 1. The average Bonchev–Trinajstić information content (AvgIpc) is 2.74. The smallest absolute Gasteiger partial charge is 0.261 e. The number of anilines is 2. The van der Waals surface area contributed by atoms with Gasteiger partial charge in [-0.3, -0.25) is 9.69 Å². The maximum Gasteiger partial charge on any atom is 0.261 e. The number of ether oxygens (including phenoxy) is 1. The number of hydrogen-bond donors (Lipinski definition) is 1. The first kappa shape index (κ1) is 16.2. The Morgan fingerprint density at radius 2 is 2.14 bits per heavy atom. The lowest BCUT2D eigenvalue weighted by Crippen LogP contribution is -2.36. The standard InChI is InChI=1S/C15H22N4O3/c1-5-7-18(6-2)11-8-12(17-9-16-11)19-14(20)10(3)13(22-4)15(19)21/h8-9,15,21H,5-7H2,1-4H3. The average molecular weight is 306 g/mol. The van der Waals surface area contributed by atoms with Crippen molar-refractivity contribution >= 4 is 17.5 Å². The highest BCUT2D eigenvalue weighted by Gasteiger charge is 2.39. The van der Waals surface area contributed by atoms with E-state index in [1.54, 1.807) is 13.0 Å². The second-order valence-electron chi connectivity index (χ2n) is 5.06. The van der Waals surface area contributed by atoms with Crippen LogP contribution in [0.1, 0.15) is 27.2 Å². The molecular formula is C15H22N4O3. The number of hydrogen-bond acceptors (Lipinski definition) is 6. The Balaban J connectivity index is 2.33. The van der Waals surface area contributed by atoms with Crippen molar-refractivity contribution in [2.75, 3.05) is 30.0 Å². The van der Waals surface area contributed by atoms with E-state index in [0.717, 1.165) is 25.3 Å². The number of aromatic nitrogens is 2. The molecule has 1 amide bonds. The third-order valence-electron chi connectivity index (χ3n) is 3.69. The number of carbonyl (C=O) groups is 1. The molecule has 0 bridgehead atoms. The van der Waals surface area contributed by atoms with Crippen LogP contribution in [0.2, 0.25) is 0 Å². The fourth-order valence-electron chi connectivity index (χ4n) is 2.54. The quantitative estimate of drug-likeness (QED) is 0.853. The van der Waals surface area contributed by atoms with Gasteiger partial charge in [0.1, 0.15) is 18.0 Å². The second-order valence-corrected chi connectivity index (χ2v) is 5.06. The largest absolute Gasteiger partial charge is 0.496 e. The van der Waals surface area contributed by atoms with Crippen LogP contribution in [0.3, 0.4) is 0 Å². The minimum absolute atomic E-state index is 0.256. The molecular weight excluding hydrogens is 284 g/mol. The van der Waals surface area contributed by atoms with E-state index >= 15 is 0 Å². The summed E-state index contributed by atoms with van der Waals surface area (Å²) in [7, 11) is 1.43. The van der Waals surface area contributed by atoms with E-state index in [9.17, 15) is 9.90 Å². The maximum absolute atomic E-state index is 12.3. The van der Waals surface area contributed by atoms with E-state index in [1.807, 2.05) is 6.92 Å². The summed E-state index contributed by atoms with van der Waals surface area (Å²) in [5.74, 6) is 1.04. The van der Waals surface area contributed by atoms with Gasteiger partial charge in [0.15, 0.2) is 12.0 Å². The van der Waals surface area contributed by atoms with Crippen molar-refractivity contribution in [1.82, 2.24) is 9.97 Å². The van der Waals surface area contributed by atoms with Crippen molar-refractivity contribution in [3.63, 3.8) is 0 Å². The zero-order valence-corrected chi connectivity index (χ0v) is 13.4. The number of nitrogens with zero attached hydrogens (tertiary/aromatic N) is 4. The highest BCUT2D eigenvalue weighted by molar-refractivity contribution is 6.08. The van der Waals surface area contributed by atoms with Gasteiger partial charge in [-0.25, -0.2) is 9.97 Å². The van der Waals surface area contributed by atoms with Crippen LogP contribution in [0.25, 0.3) is 0 Å². The molecule has 0 aromatic carbocycles. The van der Waals surface area contributed by atoms with Crippen molar-refractivity contribution in [1.29, 1.82) is 0 Å². The fourth-order valence-corrected chi connectivity index (χ4v) is 2.54. The van der Waals surface area contributed by atoms with Crippen LogP contribution in [0.15, 0.2) is 23.7 Å². The monoisotopic (exact) mass is 306 g/mol. The summed E-state index contributed by atoms with van der Waals surface area (Å²) in [5, 5.41) is 10.3. The van der Waals surface area contributed by atoms with Crippen LogP contribution in [0.4, 0.5) is 11.6 Å². The molecule has 1 aromatic rings. The van der Waals surface area contributed by atoms with Gasteiger partial charge in [-0.1, -0.05) is 6.92 Å². The predicted octanol–water partition coefficient (Wildman–Crippen LogP) is 1.30. The molecule has 1 unspecified atom stereocenters. The van der Waals surface area contributed by atoms with Gasteiger partial charge in [-0.2, -0.15) is 0 Å². The Hall–Kier alpha value is -2.15. The molecule has 22 heavy (non-hydrogen) atoms. The highest BCUT2D eigenvalue weighted by atomic mass is 16.5. The number of methoxy groups -OCH3 is 1. The van der Waals surface area contributed by atoms with Crippen molar-refractivity contribution in [3.8, 4) is 0 Å². The Morgan fingerprint density at radius 1 is 1.41 bits per heavy atom. The Bertz CT molecular complexity index is 588. The van der Waals surface area contributed by atoms with Gasteiger partial charge >= 0.3 is 0 Å². The fraction of sp³-hybridized carbons (Fsp3) is 0.533. The van der Waals surface area contributed by atoms with Crippen LogP contribution in [-0.2, 0) is 9.53 Å². The topological polar surface area (TPSA) is 78.8 Å². The third kappa shape index (κ3) is 2.76. The molecule has 2 heterocycles. The first-order chi connectivity index (χ1) is 10.5. The lowest BCUT2D eigenvalue weighted by Gasteiger charge is -2.24. The van der Waals surface area contributed by atoms with Gasteiger partial charge in [0.2, 0.25) is 0 Å². The number of rotatable bonds is 6. The molecule has 1 aliphatic rings. The van der Waals surface area contributed by atoms with Gasteiger partial charge in [-0.15, -0.1) is 0 Å². The second kappa shape index (κ2) is 6.74. The zero-order chi connectivity index (χ0) is 16.3. The summed E-state index contributed by atoms with van der Waals surface area (Å²) in [6.07, 6.45) is 1.25. The summed E-state index contributed by atoms with van der Waals surface area (Å²) >= 11 is 0. The SMILES string of the molecule is CCCN(CC)c1cc(N2C(=O)C(C)=C(OC)C2O)ncn1. The molecule has 0 radical (unpaired) electrons. The molecule has 1 N–H and O–H groups in total. The van der Waals surface area contributed by atoms with Crippen molar-refractivity contribution in [2.24, 2.45) is 0 Å². The van der Waals surface area contributed by atoms with Gasteiger partial charge in [-0.05, 0) is 20.3 Å². The molecule has 1 aliphatic heterocycles. The number of aliphatic hydroxyl groups is 1. The molecule has 0 saturated carbocycles. The Labute approximate surface area is 130 Å². The minimum atomic E-state index is -1.15. The van der Waals surface area contributed by atoms with E-state index < -0.39 is 6.23 Å². The minimum Gasteiger partial charge on any atom is -0.496 e. The summed E-state index contributed by atoms with van der Waals surface area (Å²) in [4.78, 5) is 24.0. The van der Waals surface area contributed by atoms with Crippen LogP contribution < -0.4 is 9.80 Å². The van der Waals surface area contributed by atoms with E-state index in [4.69, 9.17) is 4.74 Å². The molecule has 1 aromatic heterocycles. The van der Waals surface area contributed by atoms with Gasteiger partial charge in [0.05, 0.1) is 12.7 Å². The molecule has 7 nitrogen and oxygen atoms in total. The molecule has 0 saturated heterocycles. The lowest BCUT2D eigenvalue weighted by molar-refractivity contribution is -0.115. The van der Waals surface area contributed by atoms with Crippen molar-refractivity contribution < 1.29 is 14.6 Å². The molecule has 0 aliphatic carbocycles. The van der Waals surface area contributed by atoms with Gasteiger partial charge in [0, 0.05) is 19.2 Å².